The lowest BCUT2D eigenvalue weighted by molar-refractivity contribution is -0.118. The summed E-state index contributed by atoms with van der Waals surface area (Å²) < 4.78 is 6.06. The Bertz CT molecular complexity index is 316. The Hall–Kier alpha value is -1.28. The summed E-state index contributed by atoms with van der Waals surface area (Å²) in [6.45, 7) is 1.01. The van der Waals surface area contributed by atoms with E-state index in [-0.39, 0.29) is 11.7 Å². The summed E-state index contributed by atoms with van der Waals surface area (Å²) in [4.78, 5) is 11.2. The molecule has 0 aliphatic carbocycles. The maximum Gasteiger partial charge on any atom is 0.230 e. The van der Waals surface area contributed by atoms with Gasteiger partial charge in [-0.1, -0.05) is 11.8 Å². The number of ether oxygens (including phenoxy) is 1. The normalized spacial score (nSPS) is 10.2. The van der Waals surface area contributed by atoms with E-state index in [0.717, 1.165) is 0 Å². The zero-order valence-corrected chi connectivity index (χ0v) is 9.16. The van der Waals surface area contributed by atoms with Crippen molar-refractivity contribution in [3.05, 3.63) is 6.33 Å². The van der Waals surface area contributed by atoms with Crippen LogP contribution in [-0.4, -0.2) is 46.8 Å². The van der Waals surface area contributed by atoms with E-state index in [1.807, 2.05) is 0 Å². The fourth-order valence-electron chi connectivity index (χ4n) is 0.809. The average molecular weight is 231 g/mol. The first-order valence-corrected chi connectivity index (χ1v) is 5.26. The number of hydrogen-bond donors (Lipinski definition) is 2. The predicted molar refractivity (Wildman–Crippen MR) is 55.8 cm³/mol. The molecule has 1 rings (SSSR count). The average Bonchev–Trinajstić information content (AvgIpc) is 2.61. The van der Waals surface area contributed by atoms with Gasteiger partial charge in [-0.25, -0.2) is 4.68 Å². The molecule has 0 unspecified atom stereocenters. The smallest absolute Gasteiger partial charge is 0.230 e. The molecule has 84 valence electrons. The van der Waals surface area contributed by atoms with Crippen LogP contribution < -0.4 is 11.2 Å². The van der Waals surface area contributed by atoms with Gasteiger partial charge in [0, 0.05) is 13.7 Å². The molecule has 0 aliphatic heterocycles. The third-order valence-electron chi connectivity index (χ3n) is 1.50. The summed E-state index contributed by atoms with van der Waals surface area (Å²) in [5.74, 6) is 5.65. The Balaban J connectivity index is 2.20. The van der Waals surface area contributed by atoms with E-state index >= 15 is 0 Å². The third-order valence-corrected chi connectivity index (χ3v) is 2.46. The minimum Gasteiger partial charge on any atom is -0.383 e. The molecule has 0 spiro atoms. The topological polar surface area (TPSA) is 95.1 Å². The standard InChI is InChI=1S/C7H13N5O2S/c1-14-3-2-9-6(13)4-15-7-11-10-5-12(7)8/h5H,2-4,8H2,1H3,(H,9,13). The lowest BCUT2D eigenvalue weighted by atomic mass is 10.6. The maximum absolute atomic E-state index is 11.2. The number of nitrogens with two attached hydrogens (primary N) is 1. The number of aromatic nitrogens is 3. The SMILES string of the molecule is COCCNC(=O)CSc1nncn1N. The first-order valence-electron chi connectivity index (χ1n) is 4.27. The highest BCUT2D eigenvalue weighted by atomic mass is 32.2. The van der Waals surface area contributed by atoms with Gasteiger partial charge in [0.25, 0.3) is 0 Å². The van der Waals surface area contributed by atoms with E-state index in [2.05, 4.69) is 15.5 Å². The Morgan fingerprint density at radius 1 is 1.80 bits per heavy atom. The van der Waals surface area contributed by atoms with Crippen molar-refractivity contribution in [1.82, 2.24) is 20.2 Å². The Labute approximate surface area is 91.3 Å². The van der Waals surface area contributed by atoms with E-state index in [9.17, 15) is 4.79 Å². The molecule has 7 nitrogen and oxygen atoms in total. The molecule has 0 aromatic carbocycles. The van der Waals surface area contributed by atoms with Gasteiger partial charge >= 0.3 is 0 Å². The number of methoxy groups -OCH3 is 1. The van der Waals surface area contributed by atoms with Gasteiger partial charge in [-0.3, -0.25) is 4.79 Å². The highest BCUT2D eigenvalue weighted by Gasteiger charge is 2.06. The number of carbonyl (C=O) groups is 1. The van der Waals surface area contributed by atoms with Crippen LogP contribution in [0.3, 0.4) is 0 Å². The molecule has 0 bridgehead atoms. The zero-order chi connectivity index (χ0) is 11.1. The highest BCUT2D eigenvalue weighted by molar-refractivity contribution is 7.99. The van der Waals surface area contributed by atoms with Crippen LogP contribution in [0.5, 0.6) is 0 Å². The number of carbonyl (C=O) groups excluding carboxylic acids is 1. The Kier molecular flexibility index (Phi) is 4.91. The molecule has 0 saturated carbocycles. The molecular formula is C7H13N5O2S. The maximum atomic E-state index is 11.2. The summed E-state index contributed by atoms with van der Waals surface area (Å²) in [5.41, 5.74) is 0. The van der Waals surface area contributed by atoms with Crippen LogP contribution in [0.1, 0.15) is 0 Å². The Morgan fingerprint density at radius 3 is 3.20 bits per heavy atom. The number of nitrogens with one attached hydrogen (secondary N) is 1. The van der Waals surface area contributed by atoms with Crippen molar-refractivity contribution in [2.45, 2.75) is 5.16 Å². The number of amides is 1. The van der Waals surface area contributed by atoms with Gasteiger partial charge in [-0.15, -0.1) is 10.2 Å². The van der Waals surface area contributed by atoms with Crippen LogP contribution in [0.25, 0.3) is 0 Å². The minimum absolute atomic E-state index is 0.0833. The lowest BCUT2D eigenvalue weighted by Gasteiger charge is -2.03. The van der Waals surface area contributed by atoms with Gasteiger partial charge in [-0.05, 0) is 0 Å². The molecule has 1 amide bonds. The number of nitrogen functional groups attached to an aromatic ring is 1. The quantitative estimate of drug-likeness (QED) is 0.364. The Morgan fingerprint density at radius 2 is 2.60 bits per heavy atom. The summed E-state index contributed by atoms with van der Waals surface area (Å²) >= 11 is 1.23. The lowest BCUT2D eigenvalue weighted by Crippen LogP contribution is -2.28. The minimum atomic E-state index is -0.0833. The van der Waals surface area contributed by atoms with Crippen LogP contribution in [0, 0.1) is 0 Å². The van der Waals surface area contributed by atoms with Crippen molar-refractivity contribution in [2.75, 3.05) is 31.9 Å². The summed E-state index contributed by atoms with van der Waals surface area (Å²) in [6, 6.07) is 0. The molecule has 3 N–H and O–H groups in total. The molecule has 1 aromatic rings. The van der Waals surface area contributed by atoms with Crippen LogP contribution >= 0.6 is 11.8 Å². The van der Waals surface area contributed by atoms with Crippen LogP contribution in [0.2, 0.25) is 0 Å². The number of hydrogen-bond acceptors (Lipinski definition) is 6. The van der Waals surface area contributed by atoms with Gasteiger partial charge < -0.3 is 15.9 Å². The van der Waals surface area contributed by atoms with Gasteiger partial charge in [-0.2, -0.15) is 0 Å². The number of rotatable bonds is 6. The second-order valence-electron chi connectivity index (χ2n) is 2.65. The van der Waals surface area contributed by atoms with Gasteiger partial charge in [0.15, 0.2) is 0 Å². The zero-order valence-electron chi connectivity index (χ0n) is 8.34. The van der Waals surface area contributed by atoms with E-state index in [1.54, 1.807) is 7.11 Å². The van der Waals surface area contributed by atoms with Gasteiger partial charge in [0.1, 0.15) is 6.33 Å². The first kappa shape index (κ1) is 11.8. The molecule has 15 heavy (non-hydrogen) atoms. The summed E-state index contributed by atoms with van der Waals surface area (Å²) in [6.07, 6.45) is 1.38. The van der Waals surface area contributed by atoms with E-state index < -0.39 is 0 Å². The molecular weight excluding hydrogens is 218 g/mol. The second-order valence-corrected chi connectivity index (χ2v) is 3.59. The fourth-order valence-corrected chi connectivity index (χ4v) is 1.47. The molecule has 8 heteroatoms. The molecule has 1 heterocycles. The third kappa shape index (κ3) is 4.17. The summed E-state index contributed by atoms with van der Waals surface area (Å²) in [5, 5.41) is 10.5. The molecule has 0 fully saturated rings. The molecule has 1 aromatic heterocycles. The fraction of sp³-hybridized carbons (Fsp3) is 0.571. The van der Waals surface area contributed by atoms with E-state index in [1.165, 1.54) is 22.8 Å². The van der Waals surface area contributed by atoms with Crippen molar-refractivity contribution in [3.8, 4) is 0 Å². The largest absolute Gasteiger partial charge is 0.383 e. The molecule has 0 saturated heterocycles. The molecule has 0 radical (unpaired) electrons. The molecule has 0 aliphatic rings. The number of thioether (sulfide) groups is 1. The van der Waals surface area contributed by atoms with Crippen molar-refractivity contribution in [2.24, 2.45) is 0 Å². The molecule has 0 atom stereocenters. The monoisotopic (exact) mass is 231 g/mol. The predicted octanol–water partition coefficient (Wildman–Crippen LogP) is -1.15. The van der Waals surface area contributed by atoms with E-state index in [0.29, 0.717) is 18.3 Å². The summed E-state index contributed by atoms with van der Waals surface area (Å²) in [7, 11) is 1.58. The van der Waals surface area contributed by atoms with Gasteiger partial charge in [0.2, 0.25) is 11.1 Å². The van der Waals surface area contributed by atoms with Gasteiger partial charge in [0.05, 0.1) is 12.4 Å². The van der Waals surface area contributed by atoms with Crippen LogP contribution in [0.15, 0.2) is 11.5 Å². The highest BCUT2D eigenvalue weighted by Crippen LogP contribution is 2.11. The van der Waals surface area contributed by atoms with Crippen LogP contribution in [-0.2, 0) is 9.53 Å². The number of nitrogens with zero attached hydrogens (tertiary/aromatic N) is 3. The van der Waals surface area contributed by atoms with Crippen molar-refractivity contribution in [3.63, 3.8) is 0 Å². The van der Waals surface area contributed by atoms with Crippen molar-refractivity contribution in [1.29, 1.82) is 0 Å². The second kappa shape index (κ2) is 6.25. The first-order chi connectivity index (χ1) is 7.24. The van der Waals surface area contributed by atoms with Crippen molar-refractivity contribution >= 4 is 17.7 Å². The van der Waals surface area contributed by atoms with Crippen molar-refractivity contribution < 1.29 is 9.53 Å². The van der Waals surface area contributed by atoms with Crippen LogP contribution in [0.4, 0.5) is 0 Å². The van der Waals surface area contributed by atoms with E-state index in [4.69, 9.17) is 10.6 Å².